The molecule has 1 unspecified atom stereocenters. The molecule has 5 heterocycles. The number of benzene rings is 2. The number of imidazole rings is 1. The van der Waals surface area contributed by atoms with Gasteiger partial charge in [-0.2, -0.15) is 0 Å². The number of amides is 1. The topological polar surface area (TPSA) is 134 Å². The second kappa shape index (κ2) is 10.6. The molecule has 0 saturated heterocycles. The molecule has 11 nitrogen and oxygen atoms in total. The Bertz CT molecular complexity index is 2150. The van der Waals surface area contributed by atoms with Crippen molar-refractivity contribution in [3.63, 3.8) is 0 Å². The molecule has 1 aliphatic heterocycles. The van der Waals surface area contributed by atoms with Gasteiger partial charge >= 0.3 is 0 Å². The van der Waals surface area contributed by atoms with Crippen LogP contribution in [-0.4, -0.2) is 41.2 Å². The molecule has 6 aromatic rings. The van der Waals surface area contributed by atoms with Crippen LogP contribution in [0.4, 0.5) is 5.82 Å². The summed E-state index contributed by atoms with van der Waals surface area (Å²) in [6.45, 7) is 3.56. The third kappa shape index (κ3) is 4.60. The first-order valence-electron chi connectivity index (χ1n) is 13.8. The van der Waals surface area contributed by atoms with Crippen molar-refractivity contribution in [2.75, 3.05) is 12.3 Å². The number of ether oxygens (including phenoxy) is 1. The van der Waals surface area contributed by atoms with Gasteiger partial charge in [0.15, 0.2) is 11.5 Å². The van der Waals surface area contributed by atoms with E-state index in [0.29, 0.717) is 53.1 Å². The Morgan fingerprint density at radius 2 is 1.95 bits per heavy atom. The lowest BCUT2D eigenvalue weighted by Crippen LogP contribution is -2.32. The molecule has 3 N–H and O–H groups in total. The van der Waals surface area contributed by atoms with Gasteiger partial charge < -0.3 is 20.4 Å². The van der Waals surface area contributed by atoms with E-state index >= 15 is 0 Å². The smallest absolute Gasteiger partial charge is 0.264 e. The van der Waals surface area contributed by atoms with Crippen LogP contribution in [0.1, 0.15) is 46.1 Å². The lowest BCUT2D eigenvalue weighted by atomic mass is 10.0. The number of hydrogen-bond acceptors (Lipinski definition) is 7. The lowest BCUT2D eigenvalue weighted by molar-refractivity contribution is 0.0813. The van der Waals surface area contributed by atoms with E-state index in [2.05, 4.69) is 32.2 Å². The highest BCUT2D eigenvalue weighted by molar-refractivity contribution is 6.04. The minimum Gasteiger partial charge on any atom is -0.381 e. The van der Waals surface area contributed by atoms with E-state index in [1.165, 1.54) is 4.52 Å². The highest BCUT2D eigenvalue weighted by atomic mass is 16.5. The van der Waals surface area contributed by atoms with Crippen molar-refractivity contribution in [3.8, 4) is 17.5 Å². The molecule has 4 aromatic heterocycles. The SMILES string of the molecule is CC(NC(=O)c1c(N)nn2cccnc12)c1cc2cccc(C#Cc3cnc4n3CCOC4)c2c(=O)n1-c1ccccc1. The number of nitrogen functional groups attached to an aromatic ring is 1. The first-order chi connectivity index (χ1) is 21.0. The summed E-state index contributed by atoms with van der Waals surface area (Å²) in [5.74, 6) is 6.89. The summed E-state index contributed by atoms with van der Waals surface area (Å²) in [6.07, 6.45) is 4.98. The molecule has 1 amide bonds. The molecule has 0 aliphatic carbocycles. The zero-order valence-corrected chi connectivity index (χ0v) is 23.2. The van der Waals surface area contributed by atoms with Crippen molar-refractivity contribution in [1.29, 1.82) is 0 Å². The molecule has 0 spiro atoms. The van der Waals surface area contributed by atoms with Crippen LogP contribution in [0.2, 0.25) is 0 Å². The molecule has 0 saturated carbocycles. The van der Waals surface area contributed by atoms with Gasteiger partial charge in [-0.3, -0.25) is 14.2 Å². The Balaban J connectivity index is 1.33. The standard InChI is InChI=1S/C32H26N8O3/c1-20(36-31(41)28-29(33)37-39-14-6-13-34-30(28)39)25-17-22-8-5-7-21(11-12-24-18-35-26-19-43-16-15-38(24)26)27(22)32(42)40(25)23-9-3-2-4-10-23/h2-10,13-14,17-18,20H,15-16,19H2,1H3,(H2,33,37)(H,36,41). The highest BCUT2D eigenvalue weighted by Crippen LogP contribution is 2.24. The minimum absolute atomic E-state index is 0.0672. The third-order valence-corrected chi connectivity index (χ3v) is 7.48. The van der Waals surface area contributed by atoms with Gasteiger partial charge in [-0.15, -0.1) is 5.10 Å². The van der Waals surface area contributed by atoms with Gasteiger partial charge in [0.2, 0.25) is 0 Å². The van der Waals surface area contributed by atoms with E-state index in [1.807, 2.05) is 66.1 Å². The van der Waals surface area contributed by atoms with Crippen LogP contribution >= 0.6 is 0 Å². The number of hydrogen-bond donors (Lipinski definition) is 2. The number of carbonyl (C=O) groups is 1. The molecular weight excluding hydrogens is 544 g/mol. The summed E-state index contributed by atoms with van der Waals surface area (Å²) in [6, 6.07) is 17.9. The van der Waals surface area contributed by atoms with Crippen LogP contribution < -0.4 is 16.6 Å². The number of para-hydroxylation sites is 1. The fourth-order valence-electron chi connectivity index (χ4n) is 5.44. The van der Waals surface area contributed by atoms with Gasteiger partial charge in [0.05, 0.1) is 24.2 Å². The number of aromatic nitrogens is 6. The van der Waals surface area contributed by atoms with E-state index in [1.54, 1.807) is 29.2 Å². The Labute approximate surface area is 245 Å². The average molecular weight is 571 g/mol. The maximum Gasteiger partial charge on any atom is 0.264 e. The summed E-state index contributed by atoms with van der Waals surface area (Å²) in [7, 11) is 0. The predicted molar refractivity (Wildman–Crippen MR) is 161 cm³/mol. The molecule has 1 atom stereocenters. The Kier molecular flexibility index (Phi) is 6.45. The zero-order valence-electron chi connectivity index (χ0n) is 23.2. The van der Waals surface area contributed by atoms with Gasteiger partial charge in [0, 0.05) is 35.9 Å². The maximum absolute atomic E-state index is 14.3. The van der Waals surface area contributed by atoms with Crippen LogP contribution in [0.3, 0.4) is 0 Å². The van der Waals surface area contributed by atoms with Crippen LogP contribution in [0.15, 0.2) is 84.0 Å². The largest absolute Gasteiger partial charge is 0.381 e. The predicted octanol–water partition coefficient (Wildman–Crippen LogP) is 3.23. The molecule has 0 fully saturated rings. The number of nitrogens with one attached hydrogen (secondary N) is 1. The van der Waals surface area contributed by atoms with Crippen molar-refractivity contribution >= 4 is 28.1 Å². The molecule has 7 rings (SSSR count). The molecule has 212 valence electrons. The lowest BCUT2D eigenvalue weighted by Gasteiger charge is -2.21. The van der Waals surface area contributed by atoms with Crippen LogP contribution in [0.5, 0.6) is 0 Å². The number of nitrogens with two attached hydrogens (primary N) is 1. The molecule has 0 bridgehead atoms. The van der Waals surface area contributed by atoms with Crippen LogP contribution in [-0.2, 0) is 17.9 Å². The third-order valence-electron chi connectivity index (χ3n) is 7.48. The average Bonchev–Trinajstić information content (AvgIpc) is 3.60. The summed E-state index contributed by atoms with van der Waals surface area (Å²) in [4.78, 5) is 36.5. The molecule has 1 aliphatic rings. The number of carbonyl (C=O) groups excluding carboxylic acids is 1. The fraction of sp³-hybridized carbons (Fsp3) is 0.156. The van der Waals surface area contributed by atoms with E-state index in [-0.39, 0.29) is 16.9 Å². The number of fused-ring (bicyclic) bond motifs is 3. The Morgan fingerprint density at radius 1 is 1.09 bits per heavy atom. The van der Waals surface area contributed by atoms with Crippen LogP contribution in [0, 0.1) is 11.8 Å². The van der Waals surface area contributed by atoms with Crippen molar-refractivity contribution < 1.29 is 9.53 Å². The number of rotatable bonds is 4. The second-order valence-corrected chi connectivity index (χ2v) is 10.2. The maximum atomic E-state index is 14.3. The zero-order chi connectivity index (χ0) is 29.5. The normalized spacial score (nSPS) is 13.3. The van der Waals surface area contributed by atoms with Gasteiger partial charge in [-0.25, -0.2) is 14.5 Å². The summed E-state index contributed by atoms with van der Waals surface area (Å²) in [5, 5.41) is 8.39. The quantitative estimate of drug-likeness (QED) is 0.311. The van der Waals surface area contributed by atoms with Crippen LogP contribution in [0.25, 0.3) is 22.1 Å². The molecule has 11 heteroatoms. The van der Waals surface area contributed by atoms with Crippen molar-refractivity contribution in [2.45, 2.75) is 26.1 Å². The van der Waals surface area contributed by atoms with Crippen molar-refractivity contribution in [3.05, 3.63) is 118 Å². The van der Waals surface area contributed by atoms with E-state index in [9.17, 15) is 9.59 Å². The molecular formula is C32H26N8O3. The number of pyridine rings is 1. The van der Waals surface area contributed by atoms with Crippen molar-refractivity contribution in [2.24, 2.45) is 0 Å². The summed E-state index contributed by atoms with van der Waals surface area (Å²) in [5.41, 5.74) is 9.00. The summed E-state index contributed by atoms with van der Waals surface area (Å²) >= 11 is 0. The monoisotopic (exact) mass is 570 g/mol. The van der Waals surface area contributed by atoms with E-state index in [0.717, 1.165) is 11.5 Å². The fourth-order valence-corrected chi connectivity index (χ4v) is 5.44. The van der Waals surface area contributed by atoms with E-state index < -0.39 is 11.9 Å². The van der Waals surface area contributed by atoms with E-state index in [4.69, 9.17) is 10.5 Å². The Hall–Kier alpha value is -5.73. The Morgan fingerprint density at radius 3 is 2.81 bits per heavy atom. The molecule has 0 radical (unpaired) electrons. The summed E-state index contributed by atoms with van der Waals surface area (Å²) < 4.78 is 10.6. The molecule has 43 heavy (non-hydrogen) atoms. The number of anilines is 1. The van der Waals surface area contributed by atoms with Gasteiger partial charge in [-0.1, -0.05) is 36.3 Å². The van der Waals surface area contributed by atoms with Gasteiger partial charge in [-0.05, 0) is 48.6 Å². The van der Waals surface area contributed by atoms with Gasteiger partial charge in [0.25, 0.3) is 11.5 Å². The number of nitrogens with zero attached hydrogens (tertiary/aromatic N) is 6. The minimum atomic E-state index is -0.585. The molecule has 2 aromatic carbocycles. The second-order valence-electron chi connectivity index (χ2n) is 10.2. The van der Waals surface area contributed by atoms with Gasteiger partial charge in [0.1, 0.15) is 23.7 Å². The first-order valence-corrected chi connectivity index (χ1v) is 13.8. The van der Waals surface area contributed by atoms with Crippen molar-refractivity contribution in [1.82, 2.24) is 34.0 Å². The first kappa shape index (κ1) is 26.2. The highest BCUT2D eigenvalue weighted by Gasteiger charge is 2.24.